The van der Waals surface area contributed by atoms with Crippen molar-refractivity contribution in [2.75, 3.05) is 6.61 Å². The standard InChI is InChI=1S/C22H42O2/c1-4-5-6-7-8-9-10-11-12-13-14-15-16-17-18-19-22(23)24-20-21(2)3/h11-12,21H,4-10,13-20H2,1-3H3/b12-11+. The number of hydrogen-bond donors (Lipinski definition) is 0. The van der Waals surface area contributed by atoms with Gasteiger partial charge < -0.3 is 4.74 Å². The van der Waals surface area contributed by atoms with Crippen LogP contribution in [0.1, 0.15) is 111 Å². The minimum Gasteiger partial charge on any atom is -0.465 e. The molecule has 0 unspecified atom stereocenters. The maximum Gasteiger partial charge on any atom is 0.305 e. The van der Waals surface area contributed by atoms with Crippen LogP contribution in [0.25, 0.3) is 0 Å². The quantitative estimate of drug-likeness (QED) is 0.159. The predicted molar refractivity (Wildman–Crippen MR) is 105 cm³/mol. The van der Waals surface area contributed by atoms with Gasteiger partial charge in [-0.05, 0) is 38.0 Å². The van der Waals surface area contributed by atoms with Crippen LogP contribution in [0.2, 0.25) is 0 Å². The van der Waals surface area contributed by atoms with E-state index in [9.17, 15) is 4.79 Å². The Hall–Kier alpha value is -0.790. The molecule has 0 aromatic carbocycles. The molecule has 0 aromatic rings. The minimum absolute atomic E-state index is 0.0265. The fraction of sp³-hybridized carbons (Fsp3) is 0.864. The molecule has 0 atom stereocenters. The van der Waals surface area contributed by atoms with E-state index >= 15 is 0 Å². The maximum atomic E-state index is 11.5. The number of esters is 1. The molecule has 0 saturated carbocycles. The second-order valence-electron chi connectivity index (χ2n) is 7.41. The van der Waals surface area contributed by atoms with E-state index in [0.29, 0.717) is 18.9 Å². The fourth-order valence-corrected chi connectivity index (χ4v) is 2.67. The van der Waals surface area contributed by atoms with Crippen LogP contribution in [0.15, 0.2) is 12.2 Å². The van der Waals surface area contributed by atoms with Crippen molar-refractivity contribution >= 4 is 5.97 Å². The van der Waals surface area contributed by atoms with Gasteiger partial charge >= 0.3 is 5.97 Å². The van der Waals surface area contributed by atoms with Crippen molar-refractivity contribution in [3.63, 3.8) is 0 Å². The molecule has 2 heteroatoms. The SMILES string of the molecule is CCCCCCCC/C=C/CCCCCCCC(=O)OCC(C)C. The van der Waals surface area contributed by atoms with E-state index in [1.807, 2.05) is 0 Å². The van der Waals surface area contributed by atoms with Crippen molar-refractivity contribution < 1.29 is 9.53 Å². The van der Waals surface area contributed by atoms with E-state index in [-0.39, 0.29) is 5.97 Å². The summed E-state index contributed by atoms with van der Waals surface area (Å²) in [6.07, 6.45) is 22.0. The highest BCUT2D eigenvalue weighted by molar-refractivity contribution is 5.69. The van der Waals surface area contributed by atoms with Crippen molar-refractivity contribution in [3.05, 3.63) is 12.2 Å². The van der Waals surface area contributed by atoms with Crippen LogP contribution < -0.4 is 0 Å². The highest BCUT2D eigenvalue weighted by Gasteiger charge is 2.03. The second-order valence-corrected chi connectivity index (χ2v) is 7.41. The number of ether oxygens (including phenoxy) is 1. The molecule has 24 heavy (non-hydrogen) atoms. The molecule has 0 aliphatic heterocycles. The number of hydrogen-bond acceptors (Lipinski definition) is 2. The van der Waals surface area contributed by atoms with Gasteiger partial charge in [0.2, 0.25) is 0 Å². The van der Waals surface area contributed by atoms with Crippen LogP contribution >= 0.6 is 0 Å². The van der Waals surface area contributed by atoms with E-state index < -0.39 is 0 Å². The zero-order chi connectivity index (χ0) is 17.9. The lowest BCUT2D eigenvalue weighted by molar-refractivity contribution is -0.144. The van der Waals surface area contributed by atoms with Gasteiger partial charge in [0, 0.05) is 6.42 Å². The van der Waals surface area contributed by atoms with Crippen LogP contribution in [-0.2, 0) is 9.53 Å². The molecule has 2 nitrogen and oxygen atoms in total. The Kier molecular flexibility index (Phi) is 17.9. The van der Waals surface area contributed by atoms with Crippen LogP contribution in [-0.4, -0.2) is 12.6 Å². The zero-order valence-electron chi connectivity index (χ0n) is 16.7. The van der Waals surface area contributed by atoms with Gasteiger partial charge in [-0.2, -0.15) is 0 Å². The third kappa shape index (κ3) is 19.3. The number of rotatable bonds is 17. The van der Waals surface area contributed by atoms with Gasteiger partial charge in [-0.1, -0.05) is 84.3 Å². The largest absolute Gasteiger partial charge is 0.465 e. The first-order valence-corrected chi connectivity index (χ1v) is 10.5. The Morgan fingerprint density at radius 1 is 0.792 bits per heavy atom. The Balaban J connectivity index is 3.19. The monoisotopic (exact) mass is 338 g/mol. The highest BCUT2D eigenvalue weighted by atomic mass is 16.5. The van der Waals surface area contributed by atoms with E-state index in [4.69, 9.17) is 4.74 Å². The Labute approximate surface area is 151 Å². The van der Waals surface area contributed by atoms with Crippen LogP contribution in [0, 0.1) is 5.92 Å². The molecular formula is C22H42O2. The van der Waals surface area contributed by atoms with Crippen molar-refractivity contribution in [2.24, 2.45) is 5.92 Å². The van der Waals surface area contributed by atoms with E-state index in [1.54, 1.807) is 0 Å². The van der Waals surface area contributed by atoms with Crippen LogP contribution in [0.5, 0.6) is 0 Å². The topological polar surface area (TPSA) is 26.3 Å². The first kappa shape index (κ1) is 23.2. The summed E-state index contributed by atoms with van der Waals surface area (Å²) in [4.78, 5) is 11.5. The predicted octanol–water partition coefficient (Wildman–Crippen LogP) is 7.22. The molecule has 0 rings (SSSR count). The van der Waals surface area contributed by atoms with E-state index in [0.717, 1.165) is 12.8 Å². The third-order valence-corrected chi connectivity index (χ3v) is 4.22. The second kappa shape index (κ2) is 18.5. The molecule has 0 saturated heterocycles. The number of unbranched alkanes of at least 4 members (excludes halogenated alkanes) is 11. The van der Waals surface area contributed by atoms with Gasteiger partial charge in [-0.3, -0.25) is 4.79 Å². The smallest absolute Gasteiger partial charge is 0.305 e. The molecule has 0 fully saturated rings. The van der Waals surface area contributed by atoms with E-state index in [2.05, 4.69) is 32.9 Å². The summed E-state index contributed by atoms with van der Waals surface area (Å²) in [5.74, 6) is 0.407. The molecule has 0 aliphatic rings. The summed E-state index contributed by atoms with van der Waals surface area (Å²) < 4.78 is 5.17. The first-order valence-electron chi connectivity index (χ1n) is 10.5. The number of carbonyl (C=O) groups is 1. The third-order valence-electron chi connectivity index (χ3n) is 4.22. The van der Waals surface area contributed by atoms with Gasteiger partial charge in [-0.15, -0.1) is 0 Å². The minimum atomic E-state index is -0.0265. The lowest BCUT2D eigenvalue weighted by atomic mass is 10.1. The summed E-state index contributed by atoms with van der Waals surface area (Å²) in [5, 5.41) is 0. The van der Waals surface area contributed by atoms with Gasteiger partial charge in [-0.25, -0.2) is 0 Å². The van der Waals surface area contributed by atoms with Gasteiger partial charge in [0.1, 0.15) is 0 Å². The Bertz CT molecular complexity index is 294. The van der Waals surface area contributed by atoms with E-state index in [1.165, 1.54) is 70.6 Å². The van der Waals surface area contributed by atoms with Gasteiger partial charge in [0.25, 0.3) is 0 Å². The molecule has 0 aliphatic carbocycles. The molecule has 0 spiro atoms. The molecule has 0 amide bonds. The van der Waals surface area contributed by atoms with Crippen molar-refractivity contribution in [3.8, 4) is 0 Å². The van der Waals surface area contributed by atoms with Crippen LogP contribution in [0.4, 0.5) is 0 Å². The average molecular weight is 339 g/mol. The molecule has 0 N–H and O–H groups in total. The number of carbonyl (C=O) groups excluding carboxylic acids is 1. The van der Waals surface area contributed by atoms with Gasteiger partial charge in [0.05, 0.1) is 6.61 Å². The zero-order valence-corrected chi connectivity index (χ0v) is 16.7. The number of allylic oxidation sites excluding steroid dienone is 2. The average Bonchev–Trinajstić information content (AvgIpc) is 2.56. The summed E-state index contributed by atoms with van der Waals surface area (Å²) in [5.41, 5.74) is 0. The molecule has 0 aromatic heterocycles. The lowest BCUT2D eigenvalue weighted by Crippen LogP contribution is -2.09. The summed E-state index contributed by atoms with van der Waals surface area (Å²) in [7, 11) is 0. The molecule has 0 heterocycles. The van der Waals surface area contributed by atoms with Crippen molar-refractivity contribution in [1.82, 2.24) is 0 Å². The van der Waals surface area contributed by atoms with Gasteiger partial charge in [0.15, 0.2) is 0 Å². The lowest BCUT2D eigenvalue weighted by Gasteiger charge is -2.06. The summed E-state index contributed by atoms with van der Waals surface area (Å²) in [6, 6.07) is 0. The maximum absolute atomic E-state index is 11.5. The highest BCUT2D eigenvalue weighted by Crippen LogP contribution is 2.10. The van der Waals surface area contributed by atoms with Crippen molar-refractivity contribution in [2.45, 2.75) is 111 Å². The van der Waals surface area contributed by atoms with Crippen molar-refractivity contribution in [1.29, 1.82) is 0 Å². The Morgan fingerprint density at radius 3 is 1.83 bits per heavy atom. The first-order chi connectivity index (χ1) is 11.7. The summed E-state index contributed by atoms with van der Waals surface area (Å²) in [6.45, 7) is 6.96. The Morgan fingerprint density at radius 2 is 1.29 bits per heavy atom. The molecular weight excluding hydrogens is 296 g/mol. The molecule has 0 bridgehead atoms. The molecule has 142 valence electrons. The summed E-state index contributed by atoms with van der Waals surface area (Å²) >= 11 is 0. The molecule has 0 radical (unpaired) electrons. The normalized spacial score (nSPS) is 11.5. The fourth-order valence-electron chi connectivity index (χ4n) is 2.67. The van der Waals surface area contributed by atoms with Crippen LogP contribution in [0.3, 0.4) is 0 Å².